The van der Waals surface area contributed by atoms with E-state index in [1.807, 2.05) is 13.0 Å². The summed E-state index contributed by atoms with van der Waals surface area (Å²) in [7, 11) is 0. The fraction of sp³-hybridized carbons (Fsp3) is 0.312. The second-order valence-corrected chi connectivity index (χ2v) is 5.22. The van der Waals surface area contributed by atoms with Crippen LogP contribution in [0.5, 0.6) is 5.75 Å². The van der Waals surface area contributed by atoms with Gasteiger partial charge in [0.2, 0.25) is 0 Å². The summed E-state index contributed by atoms with van der Waals surface area (Å²) in [6.07, 6.45) is 0.772. The van der Waals surface area contributed by atoms with Crippen molar-refractivity contribution in [1.29, 1.82) is 0 Å². The van der Waals surface area contributed by atoms with Crippen LogP contribution in [0.3, 0.4) is 0 Å². The van der Waals surface area contributed by atoms with E-state index in [2.05, 4.69) is 0 Å². The van der Waals surface area contributed by atoms with E-state index in [1.54, 1.807) is 18.2 Å². The van der Waals surface area contributed by atoms with Crippen LogP contribution in [0.2, 0.25) is 5.02 Å². The van der Waals surface area contributed by atoms with Crippen molar-refractivity contribution in [2.24, 2.45) is 0 Å². The fourth-order valence-electron chi connectivity index (χ4n) is 2.35. The summed E-state index contributed by atoms with van der Waals surface area (Å²) >= 11 is 6.21. The van der Waals surface area contributed by atoms with Gasteiger partial charge in [-0.3, -0.25) is 4.79 Å². The van der Waals surface area contributed by atoms with Crippen LogP contribution in [0.1, 0.15) is 23.7 Å². The lowest BCUT2D eigenvalue weighted by atomic mass is 10.0. The number of fused-ring (bicyclic) bond motifs is 1. The number of halogens is 1. The molecule has 0 aliphatic heterocycles. The number of hydrogen-bond donors (Lipinski definition) is 2. The molecule has 0 saturated carbocycles. The second-order valence-electron chi connectivity index (χ2n) is 4.82. The maximum atomic E-state index is 12.5. The zero-order valence-corrected chi connectivity index (χ0v) is 12.6. The molecule has 21 heavy (non-hydrogen) atoms. The number of carbonyl (C=O) groups excluding carboxylic acids is 1. The van der Waals surface area contributed by atoms with Crippen molar-refractivity contribution in [2.45, 2.75) is 13.3 Å². The monoisotopic (exact) mass is 307 g/mol. The van der Waals surface area contributed by atoms with Crippen molar-refractivity contribution in [1.82, 2.24) is 4.90 Å². The number of rotatable bonds is 5. The van der Waals surface area contributed by atoms with Crippen molar-refractivity contribution in [2.75, 3.05) is 19.7 Å². The third-order valence-electron chi connectivity index (χ3n) is 3.35. The maximum Gasteiger partial charge on any atom is 0.257 e. The van der Waals surface area contributed by atoms with Crippen molar-refractivity contribution in [3.63, 3.8) is 0 Å². The van der Waals surface area contributed by atoms with Gasteiger partial charge in [-0.1, -0.05) is 42.8 Å². The number of hydrogen-bond acceptors (Lipinski definition) is 3. The summed E-state index contributed by atoms with van der Waals surface area (Å²) in [5.41, 5.74) is 0.167. The minimum Gasteiger partial charge on any atom is -0.506 e. The van der Waals surface area contributed by atoms with E-state index in [9.17, 15) is 9.90 Å². The van der Waals surface area contributed by atoms with Crippen LogP contribution in [0, 0.1) is 0 Å². The van der Waals surface area contributed by atoms with Gasteiger partial charge in [0.15, 0.2) is 0 Å². The van der Waals surface area contributed by atoms with Gasteiger partial charge in [0.1, 0.15) is 5.75 Å². The first kappa shape index (κ1) is 15.6. The molecule has 0 spiro atoms. The van der Waals surface area contributed by atoms with Crippen LogP contribution < -0.4 is 0 Å². The van der Waals surface area contributed by atoms with Gasteiger partial charge in [0.25, 0.3) is 5.91 Å². The summed E-state index contributed by atoms with van der Waals surface area (Å²) in [6.45, 7) is 2.58. The molecule has 0 bridgehead atoms. The predicted octanol–water partition coefficient (Wildman–Crippen LogP) is 3.04. The van der Waals surface area contributed by atoms with Crippen LogP contribution in [0.15, 0.2) is 30.3 Å². The molecular formula is C16H18ClNO3. The van der Waals surface area contributed by atoms with Crippen molar-refractivity contribution in [3.05, 3.63) is 40.9 Å². The molecule has 2 aromatic carbocycles. The van der Waals surface area contributed by atoms with Crippen LogP contribution in [0.25, 0.3) is 10.8 Å². The smallest absolute Gasteiger partial charge is 0.257 e. The SMILES string of the molecule is CCCN(CCO)C(=O)c1cc(Cl)c2ccccc2c1O. The molecule has 0 aromatic heterocycles. The third kappa shape index (κ3) is 3.12. The van der Waals surface area contributed by atoms with E-state index in [0.29, 0.717) is 22.3 Å². The summed E-state index contributed by atoms with van der Waals surface area (Å²) < 4.78 is 0. The number of phenolic OH excluding ortho intramolecular Hbond substituents is 1. The molecule has 0 radical (unpaired) electrons. The Morgan fingerprint density at radius 2 is 1.90 bits per heavy atom. The molecule has 112 valence electrons. The van der Waals surface area contributed by atoms with E-state index >= 15 is 0 Å². The average molecular weight is 308 g/mol. The average Bonchev–Trinajstić information content (AvgIpc) is 2.50. The van der Waals surface area contributed by atoms with Crippen LogP contribution in [-0.4, -0.2) is 40.7 Å². The molecule has 1 amide bonds. The van der Waals surface area contributed by atoms with Gasteiger partial charge in [0, 0.05) is 28.9 Å². The zero-order chi connectivity index (χ0) is 15.4. The lowest BCUT2D eigenvalue weighted by Gasteiger charge is -2.22. The van der Waals surface area contributed by atoms with E-state index in [0.717, 1.165) is 6.42 Å². The van der Waals surface area contributed by atoms with Gasteiger partial charge < -0.3 is 15.1 Å². The Labute approximate surface area is 128 Å². The summed E-state index contributed by atoms with van der Waals surface area (Å²) in [4.78, 5) is 14.1. The standard InChI is InChI=1S/C16H18ClNO3/c1-2-7-18(8-9-19)16(21)13-10-14(17)11-5-3-4-6-12(11)15(13)20/h3-6,10,19-20H,2,7-9H2,1H3. The van der Waals surface area contributed by atoms with Gasteiger partial charge in [0.05, 0.1) is 12.2 Å². The number of aliphatic hydroxyl groups is 1. The zero-order valence-electron chi connectivity index (χ0n) is 11.8. The molecule has 0 heterocycles. The predicted molar refractivity (Wildman–Crippen MR) is 83.9 cm³/mol. The quantitative estimate of drug-likeness (QED) is 0.892. The molecule has 0 saturated heterocycles. The number of carbonyl (C=O) groups is 1. The molecule has 0 aliphatic rings. The lowest BCUT2D eigenvalue weighted by molar-refractivity contribution is 0.0719. The number of aromatic hydroxyl groups is 1. The molecule has 0 aliphatic carbocycles. The first-order valence-electron chi connectivity index (χ1n) is 6.90. The van der Waals surface area contributed by atoms with Gasteiger partial charge in [-0.15, -0.1) is 0 Å². The lowest BCUT2D eigenvalue weighted by Crippen LogP contribution is -2.34. The van der Waals surface area contributed by atoms with Crippen LogP contribution in [-0.2, 0) is 0 Å². The number of aliphatic hydroxyl groups excluding tert-OH is 1. The molecule has 0 unspecified atom stereocenters. The summed E-state index contributed by atoms with van der Waals surface area (Å²) in [5, 5.41) is 21.1. The van der Waals surface area contributed by atoms with E-state index < -0.39 is 0 Å². The number of amides is 1. The first-order valence-corrected chi connectivity index (χ1v) is 7.28. The molecule has 2 rings (SSSR count). The minimum absolute atomic E-state index is 0.0703. The van der Waals surface area contributed by atoms with Crippen molar-refractivity contribution >= 4 is 28.3 Å². The topological polar surface area (TPSA) is 60.8 Å². The minimum atomic E-state index is -0.323. The fourth-order valence-corrected chi connectivity index (χ4v) is 2.63. The molecule has 5 heteroatoms. The highest BCUT2D eigenvalue weighted by atomic mass is 35.5. The summed E-state index contributed by atoms with van der Waals surface area (Å²) in [6, 6.07) is 8.61. The van der Waals surface area contributed by atoms with E-state index in [-0.39, 0.29) is 30.4 Å². The number of phenols is 1. The molecule has 2 N–H and O–H groups in total. The Balaban J connectivity index is 2.50. The maximum absolute atomic E-state index is 12.5. The van der Waals surface area contributed by atoms with E-state index in [4.69, 9.17) is 16.7 Å². The normalized spacial score (nSPS) is 10.8. The number of benzene rings is 2. The molecular weight excluding hydrogens is 290 g/mol. The first-order chi connectivity index (χ1) is 10.1. The third-order valence-corrected chi connectivity index (χ3v) is 3.66. The van der Waals surface area contributed by atoms with Gasteiger partial charge in [-0.25, -0.2) is 0 Å². The highest BCUT2D eigenvalue weighted by Crippen LogP contribution is 2.34. The summed E-state index contributed by atoms with van der Waals surface area (Å²) in [5.74, 6) is -0.393. The van der Waals surface area contributed by atoms with E-state index in [1.165, 1.54) is 11.0 Å². The molecule has 0 fully saturated rings. The second kappa shape index (κ2) is 6.78. The van der Waals surface area contributed by atoms with Crippen LogP contribution >= 0.6 is 11.6 Å². The Morgan fingerprint density at radius 3 is 2.52 bits per heavy atom. The highest BCUT2D eigenvalue weighted by molar-refractivity contribution is 6.36. The molecule has 2 aromatic rings. The Bertz CT molecular complexity index is 651. The highest BCUT2D eigenvalue weighted by Gasteiger charge is 2.21. The van der Waals surface area contributed by atoms with Gasteiger partial charge in [-0.2, -0.15) is 0 Å². The Hall–Kier alpha value is -1.78. The Morgan fingerprint density at radius 1 is 1.24 bits per heavy atom. The van der Waals surface area contributed by atoms with Crippen LogP contribution in [0.4, 0.5) is 0 Å². The van der Waals surface area contributed by atoms with Gasteiger partial charge >= 0.3 is 0 Å². The number of nitrogens with zero attached hydrogens (tertiary/aromatic N) is 1. The Kier molecular flexibility index (Phi) is 5.04. The molecule has 4 nitrogen and oxygen atoms in total. The van der Waals surface area contributed by atoms with Crippen molar-refractivity contribution < 1.29 is 15.0 Å². The molecule has 0 atom stereocenters. The van der Waals surface area contributed by atoms with Crippen molar-refractivity contribution in [3.8, 4) is 5.75 Å². The largest absolute Gasteiger partial charge is 0.506 e. The van der Waals surface area contributed by atoms with Gasteiger partial charge in [-0.05, 0) is 12.5 Å².